The Labute approximate surface area is 114 Å². The van der Waals surface area contributed by atoms with Crippen LogP contribution in [0.5, 0.6) is 0 Å². The Balaban J connectivity index is 2.40. The van der Waals surface area contributed by atoms with Crippen molar-refractivity contribution in [3.63, 3.8) is 0 Å². The van der Waals surface area contributed by atoms with Crippen molar-refractivity contribution in [1.29, 1.82) is 0 Å². The molecule has 0 aliphatic heterocycles. The summed E-state index contributed by atoms with van der Waals surface area (Å²) < 4.78 is 11.3. The molecule has 0 saturated carbocycles. The normalized spacial score (nSPS) is 13.6. The number of hydrogen-bond acceptors (Lipinski definition) is 3. The summed E-state index contributed by atoms with van der Waals surface area (Å²) in [7, 11) is 0. The lowest BCUT2D eigenvalue weighted by Crippen LogP contribution is -2.23. The highest BCUT2D eigenvalue weighted by Gasteiger charge is 2.12. The van der Waals surface area contributed by atoms with Gasteiger partial charge in [0.1, 0.15) is 0 Å². The molecule has 0 heterocycles. The zero-order valence-corrected chi connectivity index (χ0v) is 12.0. The summed E-state index contributed by atoms with van der Waals surface area (Å²) in [6, 6.07) is 7.55. The largest absolute Gasteiger partial charge is 0.373 e. The fraction of sp³-hybridized carbons (Fsp3) is 0.571. The van der Waals surface area contributed by atoms with Gasteiger partial charge >= 0.3 is 0 Å². The van der Waals surface area contributed by atoms with Crippen molar-refractivity contribution in [3.05, 3.63) is 34.9 Å². The van der Waals surface area contributed by atoms with Crippen molar-refractivity contribution in [2.75, 3.05) is 19.8 Å². The summed E-state index contributed by atoms with van der Waals surface area (Å²) in [5.74, 6) is 0. The molecule has 0 amide bonds. The van der Waals surface area contributed by atoms with E-state index in [1.54, 1.807) is 0 Å². The standard InChI is InChI=1S/C14H22ClNO2/c1-14(2,3)18-9-8-17-13(10-16)11-4-6-12(15)7-5-11/h4-7,13H,8-10,16H2,1-3H3. The van der Waals surface area contributed by atoms with Crippen molar-refractivity contribution >= 4 is 11.6 Å². The molecule has 1 rings (SSSR count). The maximum Gasteiger partial charge on any atom is 0.0948 e. The van der Waals surface area contributed by atoms with Gasteiger partial charge in [0, 0.05) is 11.6 Å². The van der Waals surface area contributed by atoms with E-state index in [0.29, 0.717) is 24.8 Å². The highest BCUT2D eigenvalue weighted by molar-refractivity contribution is 6.30. The molecule has 2 N–H and O–H groups in total. The van der Waals surface area contributed by atoms with Gasteiger partial charge in [0.25, 0.3) is 0 Å². The first kappa shape index (κ1) is 15.4. The Morgan fingerprint density at radius 1 is 1.17 bits per heavy atom. The molecule has 0 aromatic heterocycles. The molecule has 1 aromatic rings. The lowest BCUT2D eigenvalue weighted by Gasteiger charge is -2.21. The Bertz CT molecular complexity index is 346. The van der Waals surface area contributed by atoms with Crippen LogP contribution in [-0.4, -0.2) is 25.4 Å². The van der Waals surface area contributed by atoms with Crippen LogP contribution in [0.4, 0.5) is 0 Å². The van der Waals surface area contributed by atoms with Crippen molar-refractivity contribution in [1.82, 2.24) is 0 Å². The van der Waals surface area contributed by atoms with Crippen molar-refractivity contribution < 1.29 is 9.47 Å². The van der Waals surface area contributed by atoms with Gasteiger partial charge in [-0.2, -0.15) is 0 Å². The van der Waals surface area contributed by atoms with Crippen molar-refractivity contribution in [3.8, 4) is 0 Å². The van der Waals surface area contributed by atoms with Crippen LogP contribution in [-0.2, 0) is 9.47 Å². The Morgan fingerprint density at radius 2 is 1.78 bits per heavy atom. The van der Waals surface area contributed by atoms with E-state index in [-0.39, 0.29) is 11.7 Å². The predicted molar refractivity (Wildman–Crippen MR) is 74.9 cm³/mol. The SMILES string of the molecule is CC(C)(C)OCCOC(CN)c1ccc(Cl)cc1. The molecule has 0 spiro atoms. The van der Waals surface area contributed by atoms with Gasteiger partial charge in [-0.05, 0) is 38.5 Å². The molecule has 0 radical (unpaired) electrons. The lowest BCUT2D eigenvalue weighted by molar-refractivity contribution is -0.0505. The van der Waals surface area contributed by atoms with Crippen LogP contribution in [0.25, 0.3) is 0 Å². The minimum atomic E-state index is -0.137. The Hall–Kier alpha value is -0.610. The molecular weight excluding hydrogens is 250 g/mol. The molecule has 0 aliphatic carbocycles. The van der Waals surface area contributed by atoms with Gasteiger partial charge in [0.15, 0.2) is 0 Å². The molecule has 0 bridgehead atoms. The van der Waals surface area contributed by atoms with Crippen LogP contribution in [0.1, 0.15) is 32.4 Å². The molecule has 1 atom stereocenters. The first-order chi connectivity index (χ1) is 8.42. The quantitative estimate of drug-likeness (QED) is 0.809. The molecule has 1 aromatic carbocycles. The minimum Gasteiger partial charge on any atom is -0.373 e. The average molecular weight is 272 g/mol. The summed E-state index contributed by atoms with van der Waals surface area (Å²) in [4.78, 5) is 0. The second kappa shape index (κ2) is 7.10. The summed E-state index contributed by atoms with van der Waals surface area (Å²) in [5, 5.41) is 0.714. The highest BCUT2D eigenvalue weighted by atomic mass is 35.5. The molecule has 0 fully saturated rings. The fourth-order valence-corrected chi connectivity index (χ4v) is 1.64. The van der Waals surface area contributed by atoms with Crippen molar-refractivity contribution in [2.45, 2.75) is 32.5 Å². The molecule has 18 heavy (non-hydrogen) atoms. The van der Waals surface area contributed by atoms with E-state index in [9.17, 15) is 0 Å². The third-order valence-electron chi connectivity index (χ3n) is 2.39. The number of nitrogens with two attached hydrogens (primary N) is 1. The number of ether oxygens (including phenoxy) is 2. The second-order valence-corrected chi connectivity index (χ2v) is 5.54. The van der Waals surface area contributed by atoms with Gasteiger partial charge in [0.2, 0.25) is 0 Å². The molecule has 0 saturated heterocycles. The van der Waals surface area contributed by atoms with Crippen LogP contribution in [0.15, 0.2) is 24.3 Å². The zero-order chi connectivity index (χ0) is 13.6. The number of halogens is 1. The number of rotatable bonds is 6. The summed E-state index contributed by atoms with van der Waals surface area (Å²) in [5.41, 5.74) is 6.61. The maximum absolute atomic E-state index is 5.84. The van der Waals surface area contributed by atoms with Gasteiger partial charge in [-0.1, -0.05) is 23.7 Å². The van der Waals surface area contributed by atoms with Crippen LogP contribution in [0.2, 0.25) is 5.02 Å². The number of benzene rings is 1. The first-order valence-corrected chi connectivity index (χ1v) is 6.51. The number of hydrogen-bond donors (Lipinski definition) is 1. The van der Waals surface area contributed by atoms with Gasteiger partial charge in [-0.3, -0.25) is 0 Å². The monoisotopic (exact) mass is 271 g/mol. The third-order valence-corrected chi connectivity index (χ3v) is 2.65. The topological polar surface area (TPSA) is 44.5 Å². The Morgan fingerprint density at radius 3 is 2.28 bits per heavy atom. The van der Waals surface area contributed by atoms with E-state index in [1.165, 1.54) is 0 Å². The van der Waals surface area contributed by atoms with E-state index >= 15 is 0 Å². The van der Waals surface area contributed by atoms with Gasteiger partial charge < -0.3 is 15.2 Å². The van der Waals surface area contributed by atoms with Crippen LogP contribution < -0.4 is 5.73 Å². The molecule has 3 nitrogen and oxygen atoms in total. The highest BCUT2D eigenvalue weighted by Crippen LogP contribution is 2.19. The summed E-state index contributed by atoms with van der Waals surface area (Å²) >= 11 is 5.84. The molecular formula is C14H22ClNO2. The Kier molecular flexibility index (Phi) is 6.09. The van der Waals surface area contributed by atoms with Crippen LogP contribution >= 0.6 is 11.6 Å². The smallest absolute Gasteiger partial charge is 0.0948 e. The van der Waals surface area contributed by atoms with E-state index in [4.69, 9.17) is 26.8 Å². The van der Waals surface area contributed by atoms with Crippen molar-refractivity contribution in [2.24, 2.45) is 5.73 Å². The van der Waals surface area contributed by atoms with E-state index in [0.717, 1.165) is 5.56 Å². The van der Waals surface area contributed by atoms with E-state index in [2.05, 4.69) is 0 Å². The van der Waals surface area contributed by atoms with Gasteiger partial charge in [0.05, 0.1) is 24.9 Å². The molecule has 1 unspecified atom stereocenters. The van der Waals surface area contributed by atoms with Gasteiger partial charge in [-0.15, -0.1) is 0 Å². The maximum atomic E-state index is 5.84. The first-order valence-electron chi connectivity index (χ1n) is 6.13. The van der Waals surface area contributed by atoms with Crippen LogP contribution in [0.3, 0.4) is 0 Å². The van der Waals surface area contributed by atoms with Crippen LogP contribution in [0, 0.1) is 0 Å². The lowest BCUT2D eigenvalue weighted by atomic mass is 10.1. The molecule has 4 heteroatoms. The zero-order valence-electron chi connectivity index (χ0n) is 11.3. The molecule has 0 aliphatic rings. The third kappa shape index (κ3) is 5.83. The summed E-state index contributed by atoms with van der Waals surface area (Å²) in [6.07, 6.45) is -0.106. The van der Waals surface area contributed by atoms with E-state index < -0.39 is 0 Å². The minimum absolute atomic E-state index is 0.106. The second-order valence-electron chi connectivity index (χ2n) is 5.11. The van der Waals surface area contributed by atoms with Gasteiger partial charge in [-0.25, -0.2) is 0 Å². The fourth-order valence-electron chi connectivity index (χ4n) is 1.52. The predicted octanol–water partition coefficient (Wildman–Crippen LogP) is 3.17. The average Bonchev–Trinajstić information content (AvgIpc) is 2.29. The van der Waals surface area contributed by atoms with E-state index in [1.807, 2.05) is 45.0 Å². The summed E-state index contributed by atoms with van der Waals surface area (Å²) in [6.45, 7) is 7.60. The molecule has 102 valence electrons.